The summed E-state index contributed by atoms with van der Waals surface area (Å²) in [5, 5.41) is 3.28. The molecule has 0 aromatic heterocycles. The van der Waals surface area contributed by atoms with Crippen molar-refractivity contribution in [3.63, 3.8) is 0 Å². The topological polar surface area (TPSA) is 12.0 Å². The lowest BCUT2D eigenvalue weighted by molar-refractivity contribution is -0.136. The van der Waals surface area contributed by atoms with E-state index in [-0.39, 0.29) is 12.2 Å². The number of nitrogens with one attached hydrogen (secondary N) is 1. The van der Waals surface area contributed by atoms with E-state index in [4.69, 9.17) is 11.6 Å². The lowest BCUT2D eigenvalue weighted by atomic mass is 10.1. The van der Waals surface area contributed by atoms with Gasteiger partial charge in [-0.3, -0.25) is 0 Å². The minimum atomic E-state index is -4.38. The fraction of sp³-hybridized carbons (Fsp3) is 0.143. The molecule has 2 aromatic carbocycles. The van der Waals surface area contributed by atoms with Crippen molar-refractivity contribution in [1.82, 2.24) is 0 Å². The van der Waals surface area contributed by atoms with Crippen LogP contribution in [-0.4, -0.2) is 0 Å². The molecule has 0 unspecified atom stereocenters. The maximum atomic E-state index is 12.8. The highest BCUT2D eigenvalue weighted by Gasteiger charge is 2.33. The van der Waals surface area contributed by atoms with Crippen LogP contribution in [0.5, 0.6) is 0 Å². The van der Waals surface area contributed by atoms with Crippen molar-refractivity contribution >= 4 is 33.2 Å². The second kappa shape index (κ2) is 6.06. The molecule has 106 valence electrons. The summed E-state index contributed by atoms with van der Waals surface area (Å²) in [5.41, 5.74) is 0.0696. The van der Waals surface area contributed by atoms with Gasteiger partial charge in [-0.15, -0.1) is 0 Å². The number of hydrogen-bond acceptors (Lipinski definition) is 1. The molecule has 0 fully saturated rings. The fourth-order valence-corrected chi connectivity index (χ4v) is 2.35. The third kappa shape index (κ3) is 3.67. The third-order valence-electron chi connectivity index (χ3n) is 2.71. The molecule has 1 N–H and O–H groups in total. The molecule has 0 saturated heterocycles. The SMILES string of the molecule is FC(F)(F)c1ccccc1NCc1cc(Br)ccc1Cl. The Bertz CT molecular complexity index is 614. The Labute approximate surface area is 127 Å². The number of anilines is 1. The Kier molecular flexibility index (Phi) is 4.60. The molecule has 1 nitrogen and oxygen atoms in total. The molecule has 20 heavy (non-hydrogen) atoms. The van der Waals surface area contributed by atoms with Gasteiger partial charge in [-0.05, 0) is 35.9 Å². The van der Waals surface area contributed by atoms with Crippen LogP contribution < -0.4 is 5.32 Å². The number of rotatable bonds is 3. The zero-order valence-corrected chi connectivity index (χ0v) is 12.5. The molecule has 0 bridgehead atoms. The summed E-state index contributed by atoms with van der Waals surface area (Å²) in [4.78, 5) is 0. The van der Waals surface area contributed by atoms with Crippen LogP contribution in [0.4, 0.5) is 18.9 Å². The van der Waals surface area contributed by atoms with Crippen molar-refractivity contribution in [2.75, 3.05) is 5.32 Å². The Morgan fingerprint density at radius 1 is 1.10 bits per heavy atom. The Hall–Kier alpha value is -1.20. The number of alkyl halides is 3. The van der Waals surface area contributed by atoms with Crippen LogP contribution in [0.2, 0.25) is 5.02 Å². The molecule has 0 heterocycles. The Balaban J connectivity index is 2.21. The molecule has 6 heteroatoms. The summed E-state index contributed by atoms with van der Waals surface area (Å²) in [6.45, 7) is 0.214. The fourth-order valence-electron chi connectivity index (χ4n) is 1.75. The van der Waals surface area contributed by atoms with Gasteiger partial charge in [0, 0.05) is 21.7 Å². The molecule has 0 spiro atoms. The van der Waals surface area contributed by atoms with E-state index in [1.807, 2.05) is 0 Å². The second-order valence-corrected chi connectivity index (χ2v) is 5.46. The van der Waals surface area contributed by atoms with Crippen molar-refractivity contribution in [3.05, 3.63) is 63.1 Å². The van der Waals surface area contributed by atoms with Crippen LogP contribution in [0.25, 0.3) is 0 Å². The summed E-state index contributed by atoms with van der Waals surface area (Å²) in [6, 6.07) is 10.6. The molecule has 0 radical (unpaired) electrons. The quantitative estimate of drug-likeness (QED) is 0.733. The Morgan fingerprint density at radius 3 is 2.50 bits per heavy atom. The van der Waals surface area contributed by atoms with E-state index in [9.17, 15) is 13.2 Å². The molecule has 0 aliphatic heterocycles. The molecule has 2 aromatic rings. The average molecular weight is 365 g/mol. The molecule has 0 atom stereocenters. The molecular formula is C14H10BrClF3N. The standard InChI is InChI=1S/C14H10BrClF3N/c15-10-5-6-12(16)9(7-10)8-20-13-4-2-1-3-11(13)14(17,18)19/h1-7,20H,8H2. The summed E-state index contributed by atoms with van der Waals surface area (Å²) < 4.78 is 39.4. The van der Waals surface area contributed by atoms with Gasteiger partial charge in [0.25, 0.3) is 0 Å². The summed E-state index contributed by atoms with van der Waals surface area (Å²) in [6.07, 6.45) is -4.38. The van der Waals surface area contributed by atoms with E-state index in [0.717, 1.165) is 16.1 Å². The van der Waals surface area contributed by atoms with Crippen LogP contribution in [0.3, 0.4) is 0 Å². The van der Waals surface area contributed by atoms with Gasteiger partial charge in [0.05, 0.1) is 5.56 Å². The van der Waals surface area contributed by atoms with E-state index in [0.29, 0.717) is 5.02 Å². The highest BCUT2D eigenvalue weighted by atomic mass is 79.9. The molecular weight excluding hydrogens is 355 g/mol. The Morgan fingerprint density at radius 2 is 1.80 bits per heavy atom. The molecule has 0 amide bonds. The van der Waals surface area contributed by atoms with E-state index >= 15 is 0 Å². The van der Waals surface area contributed by atoms with E-state index in [1.54, 1.807) is 24.3 Å². The van der Waals surface area contributed by atoms with Gasteiger partial charge in [0.2, 0.25) is 0 Å². The zero-order chi connectivity index (χ0) is 14.8. The number of halogens is 5. The monoisotopic (exact) mass is 363 g/mol. The first-order valence-corrected chi connectivity index (χ1v) is 6.89. The van der Waals surface area contributed by atoms with E-state index < -0.39 is 11.7 Å². The van der Waals surface area contributed by atoms with Gasteiger partial charge in [0.15, 0.2) is 0 Å². The van der Waals surface area contributed by atoms with E-state index in [2.05, 4.69) is 21.2 Å². The second-order valence-electron chi connectivity index (χ2n) is 4.13. The van der Waals surface area contributed by atoms with Crippen LogP contribution in [0.1, 0.15) is 11.1 Å². The highest BCUT2D eigenvalue weighted by molar-refractivity contribution is 9.10. The van der Waals surface area contributed by atoms with Gasteiger partial charge in [-0.2, -0.15) is 13.2 Å². The average Bonchev–Trinajstić information content (AvgIpc) is 2.39. The number of benzene rings is 2. The van der Waals surface area contributed by atoms with Crippen LogP contribution in [0, 0.1) is 0 Å². The lowest BCUT2D eigenvalue weighted by Gasteiger charge is -2.15. The summed E-state index contributed by atoms with van der Waals surface area (Å²) in [5.74, 6) is 0. The minimum Gasteiger partial charge on any atom is -0.380 e. The maximum Gasteiger partial charge on any atom is 0.418 e. The van der Waals surface area contributed by atoms with Crippen LogP contribution >= 0.6 is 27.5 Å². The van der Waals surface area contributed by atoms with Crippen LogP contribution in [0.15, 0.2) is 46.9 Å². The predicted octanol–water partition coefficient (Wildman–Crippen LogP) is 5.73. The van der Waals surface area contributed by atoms with Crippen molar-refractivity contribution in [1.29, 1.82) is 0 Å². The minimum absolute atomic E-state index is 0.0380. The number of para-hydroxylation sites is 1. The van der Waals surface area contributed by atoms with Gasteiger partial charge in [-0.25, -0.2) is 0 Å². The molecule has 0 aliphatic carbocycles. The predicted molar refractivity (Wildman–Crippen MR) is 77.9 cm³/mol. The number of hydrogen-bond donors (Lipinski definition) is 1. The summed E-state index contributed by atoms with van der Waals surface area (Å²) in [7, 11) is 0. The van der Waals surface area contributed by atoms with E-state index in [1.165, 1.54) is 12.1 Å². The van der Waals surface area contributed by atoms with Gasteiger partial charge in [-0.1, -0.05) is 39.7 Å². The van der Waals surface area contributed by atoms with Crippen LogP contribution in [-0.2, 0) is 12.7 Å². The van der Waals surface area contributed by atoms with Gasteiger partial charge < -0.3 is 5.32 Å². The molecule has 2 rings (SSSR count). The first-order chi connectivity index (χ1) is 9.38. The van der Waals surface area contributed by atoms with Gasteiger partial charge in [0.1, 0.15) is 0 Å². The van der Waals surface area contributed by atoms with Crippen molar-refractivity contribution in [3.8, 4) is 0 Å². The normalized spacial score (nSPS) is 11.4. The highest BCUT2D eigenvalue weighted by Crippen LogP contribution is 2.35. The first kappa shape index (κ1) is 15.2. The smallest absolute Gasteiger partial charge is 0.380 e. The van der Waals surface area contributed by atoms with Crippen molar-refractivity contribution < 1.29 is 13.2 Å². The first-order valence-electron chi connectivity index (χ1n) is 5.72. The third-order valence-corrected chi connectivity index (χ3v) is 3.57. The largest absolute Gasteiger partial charge is 0.418 e. The molecule has 0 aliphatic rings. The molecule has 0 saturated carbocycles. The van der Waals surface area contributed by atoms with Gasteiger partial charge >= 0.3 is 6.18 Å². The summed E-state index contributed by atoms with van der Waals surface area (Å²) >= 11 is 9.31. The van der Waals surface area contributed by atoms with Crippen molar-refractivity contribution in [2.24, 2.45) is 0 Å². The maximum absolute atomic E-state index is 12.8. The lowest BCUT2D eigenvalue weighted by Crippen LogP contribution is -2.10. The van der Waals surface area contributed by atoms with Crippen molar-refractivity contribution in [2.45, 2.75) is 12.7 Å². The zero-order valence-electron chi connectivity index (χ0n) is 10.1.